The Kier molecular flexibility index (Phi) is 4.07. The SMILES string of the molecule is Cc1ccc(C)c(CC(=O)CC(C)C)c1. The van der Waals surface area contributed by atoms with Gasteiger partial charge in [0.05, 0.1) is 0 Å². The van der Waals surface area contributed by atoms with E-state index < -0.39 is 0 Å². The molecule has 1 rings (SSSR count). The molecule has 0 spiro atoms. The summed E-state index contributed by atoms with van der Waals surface area (Å²) in [5.41, 5.74) is 3.63. The highest BCUT2D eigenvalue weighted by molar-refractivity contribution is 5.81. The Balaban J connectivity index is 2.71. The number of carbonyl (C=O) groups excluding carboxylic acids is 1. The lowest BCUT2D eigenvalue weighted by Crippen LogP contribution is -2.07. The Bertz CT molecular complexity index is 350. The molecule has 0 aliphatic carbocycles. The second kappa shape index (κ2) is 5.11. The third-order valence-corrected chi connectivity index (χ3v) is 2.53. The standard InChI is InChI=1S/C14H20O/c1-10(2)7-14(15)9-13-8-11(3)5-6-12(13)4/h5-6,8,10H,7,9H2,1-4H3. The summed E-state index contributed by atoms with van der Waals surface area (Å²) in [6.07, 6.45) is 1.28. The van der Waals surface area contributed by atoms with Gasteiger partial charge < -0.3 is 0 Å². The zero-order valence-electron chi connectivity index (χ0n) is 10.1. The van der Waals surface area contributed by atoms with Crippen molar-refractivity contribution in [3.63, 3.8) is 0 Å². The van der Waals surface area contributed by atoms with E-state index in [1.165, 1.54) is 16.7 Å². The zero-order valence-corrected chi connectivity index (χ0v) is 10.1. The van der Waals surface area contributed by atoms with Gasteiger partial charge in [-0.1, -0.05) is 37.6 Å². The van der Waals surface area contributed by atoms with E-state index >= 15 is 0 Å². The van der Waals surface area contributed by atoms with Gasteiger partial charge in [0.15, 0.2) is 0 Å². The maximum Gasteiger partial charge on any atom is 0.137 e. The van der Waals surface area contributed by atoms with Gasteiger partial charge in [-0.15, -0.1) is 0 Å². The highest BCUT2D eigenvalue weighted by Gasteiger charge is 2.08. The Hall–Kier alpha value is -1.11. The third kappa shape index (κ3) is 3.86. The monoisotopic (exact) mass is 204 g/mol. The molecular weight excluding hydrogens is 184 g/mol. The lowest BCUT2D eigenvalue weighted by Gasteiger charge is -2.07. The third-order valence-electron chi connectivity index (χ3n) is 2.53. The van der Waals surface area contributed by atoms with Crippen molar-refractivity contribution in [2.45, 2.75) is 40.5 Å². The van der Waals surface area contributed by atoms with Crippen LogP contribution in [0.2, 0.25) is 0 Å². The minimum absolute atomic E-state index is 0.346. The minimum atomic E-state index is 0.346. The molecule has 0 aromatic heterocycles. The summed E-state index contributed by atoms with van der Waals surface area (Å²) in [5.74, 6) is 0.807. The van der Waals surface area contributed by atoms with Gasteiger partial charge in [0, 0.05) is 12.8 Å². The largest absolute Gasteiger partial charge is 0.299 e. The fourth-order valence-electron chi connectivity index (χ4n) is 1.73. The molecule has 0 heterocycles. The molecule has 0 radical (unpaired) electrons. The van der Waals surface area contributed by atoms with Gasteiger partial charge >= 0.3 is 0 Å². The Morgan fingerprint density at radius 1 is 1.27 bits per heavy atom. The molecule has 0 atom stereocenters. The average Bonchev–Trinajstić information content (AvgIpc) is 2.10. The van der Waals surface area contributed by atoms with E-state index in [0.717, 1.165) is 0 Å². The summed E-state index contributed by atoms with van der Waals surface area (Å²) >= 11 is 0. The van der Waals surface area contributed by atoms with E-state index in [1.807, 2.05) is 0 Å². The van der Waals surface area contributed by atoms with Crippen molar-refractivity contribution in [2.24, 2.45) is 5.92 Å². The summed E-state index contributed by atoms with van der Waals surface area (Å²) in [7, 11) is 0. The van der Waals surface area contributed by atoms with E-state index in [1.54, 1.807) is 0 Å². The molecule has 0 aliphatic rings. The van der Waals surface area contributed by atoms with E-state index in [2.05, 4.69) is 45.9 Å². The van der Waals surface area contributed by atoms with Crippen LogP contribution in [0.15, 0.2) is 18.2 Å². The number of rotatable bonds is 4. The normalized spacial score (nSPS) is 10.7. The maximum atomic E-state index is 11.7. The first kappa shape index (κ1) is 12.0. The highest BCUT2D eigenvalue weighted by Crippen LogP contribution is 2.13. The number of Topliss-reactive ketones (excluding diaryl/α,β-unsaturated/α-hetero) is 1. The number of benzene rings is 1. The van der Waals surface area contributed by atoms with Crippen LogP contribution in [0.5, 0.6) is 0 Å². The van der Waals surface area contributed by atoms with Crippen LogP contribution >= 0.6 is 0 Å². The first-order valence-corrected chi connectivity index (χ1v) is 5.57. The highest BCUT2D eigenvalue weighted by atomic mass is 16.1. The maximum absolute atomic E-state index is 11.7. The van der Waals surface area contributed by atoms with Crippen molar-refractivity contribution in [2.75, 3.05) is 0 Å². The predicted octanol–water partition coefficient (Wildman–Crippen LogP) is 3.46. The van der Waals surface area contributed by atoms with Crippen molar-refractivity contribution in [1.82, 2.24) is 0 Å². The number of ketones is 1. The lowest BCUT2D eigenvalue weighted by molar-refractivity contribution is -0.119. The Morgan fingerprint density at radius 3 is 2.53 bits per heavy atom. The van der Waals surface area contributed by atoms with Crippen LogP contribution in [0.3, 0.4) is 0 Å². The second-order valence-electron chi connectivity index (χ2n) is 4.74. The molecule has 1 aromatic carbocycles. The van der Waals surface area contributed by atoms with Gasteiger partial charge in [0.1, 0.15) is 5.78 Å². The fraction of sp³-hybridized carbons (Fsp3) is 0.500. The van der Waals surface area contributed by atoms with E-state index in [9.17, 15) is 4.79 Å². The van der Waals surface area contributed by atoms with Crippen LogP contribution in [0.4, 0.5) is 0 Å². The van der Waals surface area contributed by atoms with Gasteiger partial charge in [-0.3, -0.25) is 4.79 Å². The van der Waals surface area contributed by atoms with Gasteiger partial charge in [0.2, 0.25) is 0 Å². The van der Waals surface area contributed by atoms with Crippen molar-refractivity contribution in [1.29, 1.82) is 0 Å². The molecule has 82 valence electrons. The van der Waals surface area contributed by atoms with Crippen molar-refractivity contribution in [3.05, 3.63) is 34.9 Å². The van der Waals surface area contributed by atoms with E-state index in [4.69, 9.17) is 0 Å². The van der Waals surface area contributed by atoms with E-state index in [0.29, 0.717) is 24.5 Å². The summed E-state index contributed by atoms with van der Waals surface area (Å²) < 4.78 is 0. The molecule has 1 heteroatoms. The van der Waals surface area contributed by atoms with Crippen LogP contribution < -0.4 is 0 Å². The topological polar surface area (TPSA) is 17.1 Å². The molecule has 0 unspecified atom stereocenters. The van der Waals surface area contributed by atoms with E-state index in [-0.39, 0.29) is 0 Å². The molecule has 1 nitrogen and oxygen atoms in total. The quantitative estimate of drug-likeness (QED) is 0.734. The number of hydrogen-bond acceptors (Lipinski definition) is 1. The number of aryl methyl sites for hydroxylation is 2. The summed E-state index contributed by atoms with van der Waals surface area (Å²) in [6, 6.07) is 6.30. The molecule has 0 N–H and O–H groups in total. The smallest absolute Gasteiger partial charge is 0.137 e. The van der Waals surface area contributed by atoms with Crippen molar-refractivity contribution < 1.29 is 4.79 Å². The van der Waals surface area contributed by atoms with Crippen molar-refractivity contribution >= 4 is 5.78 Å². The van der Waals surface area contributed by atoms with Gasteiger partial charge in [-0.05, 0) is 30.9 Å². The predicted molar refractivity (Wildman–Crippen MR) is 64.1 cm³/mol. The number of carbonyl (C=O) groups is 1. The Labute approximate surface area is 92.5 Å². The summed E-state index contributed by atoms with van der Waals surface area (Å²) in [5, 5.41) is 0. The van der Waals surface area contributed by atoms with Crippen molar-refractivity contribution in [3.8, 4) is 0 Å². The molecule has 0 saturated heterocycles. The fourth-order valence-corrected chi connectivity index (χ4v) is 1.73. The van der Waals surface area contributed by atoms with Crippen LogP contribution in [0, 0.1) is 19.8 Å². The lowest BCUT2D eigenvalue weighted by atomic mass is 9.97. The second-order valence-corrected chi connectivity index (χ2v) is 4.74. The first-order valence-electron chi connectivity index (χ1n) is 5.57. The van der Waals surface area contributed by atoms with Gasteiger partial charge in [-0.2, -0.15) is 0 Å². The average molecular weight is 204 g/mol. The zero-order chi connectivity index (χ0) is 11.4. The molecule has 0 saturated carbocycles. The molecule has 0 fully saturated rings. The summed E-state index contributed by atoms with van der Waals surface area (Å²) in [4.78, 5) is 11.7. The Morgan fingerprint density at radius 2 is 1.93 bits per heavy atom. The molecule has 0 aliphatic heterocycles. The minimum Gasteiger partial charge on any atom is -0.299 e. The van der Waals surface area contributed by atoms with Crippen LogP contribution in [-0.2, 0) is 11.2 Å². The van der Waals surface area contributed by atoms with Gasteiger partial charge in [0.25, 0.3) is 0 Å². The number of hydrogen-bond donors (Lipinski definition) is 0. The molecule has 0 amide bonds. The van der Waals surface area contributed by atoms with Crippen LogP contribution in [0.25, 0.3) is 0 Å². The summed E-state index contributed by atoms with van der Waals surface area (Å²) in [6.45, 7) is 8.30. The molecule has 0 bridgehead atoms. The first-order chi connectivity index (χ1) is 6.99. The molecular formula is C14H20O. The molecule has 15 heavy (non-hydrogen) atoms. The van der Waals surface area contributed by atoms with Crippen LogP contribution in [-0.4, -0.2) is 5.78 Å². The molecule has 1 aromatic rings. The van der Waals surface area contributed by atoms with Crippen LogP contribution in [0.1, 0.15) is 37.0 Å². The van der Waals surface area contributed by atoms with Gasteiger partial charge in [-0.25, -0.2) is 0 Å².